The Hall–Kier alpha value is -1.03. The molecule has 0 spiro atoms. The fourth-order valence-corrected chi connectivity index (χ4v) is 1.94. The summed E-state index contributed by atoms with van der Waals surface area (Å²) in [6, 6.07) is 6.46. The molecule has 0 saturated heterocycles. The van der Waals surface area contributed by atoms with Crippen molar-refractivity contribution >= 4 is 21.8 Å². The van der Waals surface area contributed by atoms with E-state index >= 15 is 0 Å². The van der Waals surface area contributed by atoms with Crippen LogP contribution in [0.3, 0.4) is 0 Å². The van der Waals surface area contributed by atoms with Gasteiger partial charge in [-0.15, -0.1) is 0 Å². The molecule has 0 bridgehead atoms. The lowest BCUT2D eigenvalue weighted by atomic mass is 10.2. The zero-order valence-corrected chi connectivity index (χ0v) is 10.9. The summed E-state index contributed by atoms with van der Waals surface area (Å²) >= 11 is 3.33. The monoisotopic (exact) mass is 285 g/mol. The van der Waals surface area contributed by atoms with Crippen LogP contribution in [0.25, 0.3) is 0 Å². The van der Waals surface area contributed by atoms with Crippen LogP contribution in [-0.2, 0) is 0 Å². The molecule has 0 fully saturated rings. The Kier molecular flexibility index (Phi) is 5.32. The third-order valence-corrected chi connectivity index (χ3v) is 2.58. The van der Waals surface area contributed by atoms with Crippen LogP contribution in [0.2, 0.25) is 0 Å². The molecule has 1 rings (SSSR count). The van der Waals surface area contributed by atoms with Crippen molar-refractivity contribution in [3.8, 4) is 5.75 Å². The number of carbonyl (C=O) groups excluding carboxylic acids is 1. The first kappa shape index (κ1) is 13.0. The van der Waals surface area contributed by atoms with Crippen molar-refractivity contribution in [1.29, 1.82) is 0 Å². The average Bonchev–Trinajstić information content (AvgIpc) is 2.28. The number of alkyl halides is 1. The molecule has 0 aliphatic rings. The summed E-state index contributed by atoms with van der Waals surface area (Å²) in [5, 5.41) is 10.1. The number of nitrogens with zero attached hydrogens (tertiary/aromatic N) is 1. The number of amides is 1. The Labute approximate surface area is 104 Å². The number of benzene rings is 1. The highest BCUT2D eigenvalue weighted by atomic mass is 79.9. The standard InChI is InChI=1S/C12H16BrNO2/c1-2-7-14(8-6-13)12(16)10-4-3-5-11(15)9-10/h3-5,9,15H,2,6-8H2,1H3. The Morgan fingerprint density at radius 1 is 1.44 bits per heavy atom. The molecule has 1 amide bonds. The first-order valence-corrected chi connectivity index (χ1v) is 6.45. The second-order valence-corrected chi connectivity index (χ2v) is 4.32. The Bertz CT molecular complexity index is 349. The third-order valence-electron chi connectivity index (χ3n) is 2.23. The highest BCUT2D eigenvalue weighted by molar-refractivity contribution is 9.09. The van der Waals surface area contributed by atoms with Crippen LogP contribution >= 0.6 is 15.9 Å². The first-order chi connectivity index (χ1) is 7.69. The van der Waals surface area contributed by atoms with Gasteiger partial charge in [-0.2, -0.15) is 0 Å². The minimum Gasteiger partial charge on any atom is -0.508 e. The van der Waals surface area contributed by atoms with Gasteiger partial charge in [-0.25, -0.2) is 0 Å². The van der Waals surface area contributed by atoms with Crippen LogP contribution in [-0.4, -0.2) is 34.3 Å². The van der Waals surface area contributed by atoms with E-state index in [0.717, 1.165) is 18.3 Å². The van der Waals surface area contributed by atoms with E-state index in [-0.39, 0.29) is 11.7 Å². The molecule has 0 aromatic heterocycles. The van der Waals surface area contributed by atoms with Gasteiger partial charge in [0.2, 0.25) is 0 Å². The van der Waals surface area contributed by atoms with Crippen molar-refractivity contribution < 1.29 is 9.90 Å². The van der Waals surface area contributed by atoms with Crippen LogP contribution in [0.1, 0.15) is 23.7 Å². The number of carbonyl (C=O) groups is 1. The quantitative estimate of drug-likeness (QED) is 0.845. The van der Waals surface area contributed by atoms with Crippen molar-refractivity contribution in [1.82, 2.24) is 4.90 Å². The number of phenolic OH excluding ortho intramolecular Hbond substituents is 1. The molecular weight excluding hydrogens is 270 g/mol. The SMILES string of the molecule is CCCN(CCBr)C(=O)c1cccc(O)c1. The smallest absolute Gasteiger partial charge is 0.254 e. The maximum absolute atomic E-state index is 12.1. The fourth-order valence-electron chi connectivity index (χ4n) is 1.51. The molecule has 3 nitrogen and oxygen atoms in total. The van der Waals surface area contributed by atoms with Crippen molar-refractivity contribution in [3.05, 3.63) is 29.8 Å². The summed E-state index contributed by atoms with van der Waals surface area (Å²) in [7, 11) is 0. The first-order valence-electron chi connectivity index (χ1n) is 5.33. The van der Waals surface area contributed by atoms with E-state index in [4.69, 9.17) is 0 Å². The summed E-state index contributed by atoms with van der Waals surface area (Å²) in [5.74, 6) is 0.0957. The van der Waals surface area contributed by atoms with Crippen LogP contribution < -0.4 is 0 Å². The van der Waals surface area contributed by atoms with Gasteiger partial charge in [0, 0.05) is 24.0 Å². The lowest BCUT2D eigenvalue weighted by Gasteiger charge is -2.21. The van der Waals surface area contributed by atoms with Gasteiger partial charge in [0.25, 0.3) is 5.91 Å². The van der Waals surface area contributed by atoms with Crippen LogP contribution in [0.4, 0.5) is 0 Å². The summed E-state index contributed by atoms with van der Waals surface area (Å²) in [4.78, 5) is 13.9. The van der Waals surface area contributed by atoms with E-state index in [2.05, 4.69) is 15.9 Å². The molecule has 0 aliphatic carbocycles. The normalized spacial score (nSPS) is 10.1. The molecule has 0 heterocycles. The lowest BCUT2D eigenvalue weighted by molar-refractivity contribution is 0.0766. The Morgan fingerprint density at radius 3 is 2.75 bits per heavy atom. The molecule has 4 heteroatoms. The molecule has 1 aromatic carbocycles. The molecule has 0 atom stereocenters. The maximum Gasteiger partial charge on any atom is 0.254 e. The average molecular weight is 286 g/mol. The zero-order chi connectivity index (χ0) is 12.0. The number of hydrogen-bond donors (Lipinski definition) is 1. The fraction of sp³-hybridized carbons (Fsp3) is 0.417. The molecule has 0 aliphatic heterocycles. The number of phenols is 1. The highest BCUT2D eigenvalue weighted by Crippen LogP contribution is 2.13. The van der Waals surface area contributed by atoms with Gasteiger partial charge in [0.1, 0.15) is 5.75 Å². The van der Waals surface area contributed by atoms with Gasteiger partial charge in [0.05, 0.1) is 0 Å². The molecule has 88 valence electrons. The van der Waals surface area contributed by atoms with Crippen molar-refractivity contribution in [3.63, 3.8) is 0 Å². The Balaban J connectivity index is 2.81. The summed E-state index contributed by atoms with van der Waals surface area (Å²) in [5.41, 5.74) is 0.536. The molecule has 0 saturated carbocycles. The van der Waals surface area contributed by atoms with Gasteiger partial charge in [-0.3, -0.25) is 4.79 Å². The van der Waals surface area contributed by atoms with Crippen LogP contribution in [0.15, 0.2) is 24.3 Å². The van der Waals surface area contributed by atoms with Gasteiger partial charge >= 0.3 is 0 Å². The third kappa shape index (κ3) is 3.52. The van der Waals surface area contributed by atoms with Gasteiger partial charge in [-0.05, 0) is 24.6 Å². The largest absolute Gasteiger partial charge is 0.508 e. The maximum atomic E-state index is 12.1. The summed E-state index contributed by atoms with van der Waals surface area (Å²) in [6.07, 6.45) is 0.928. The van der Waals surface area contributed by atoms with Gasteiger partial charge in [-0.1, -0.05) is 28.9 Å². The van der Waals surface area contributed by atoms with Gasteiger partial charge < -0.3 is 10.0 Å². The van der Waals surface area contributed by atoms with Gasteiger partial charge in [0.15, 0.2) is 0 Å². The number of rotatable bonds is 5. The number of aromatic hydroxyl groups is 1. The van der Waals surface area contributed by atoms with E-state index in [9.17, 15) is 9.90 Å². The minimum absolute atomic E-state index is 0.0304. The van der Waals surface area contributed by atoms with E-state index in [1.807, 2.05) is 6.92 Å². The van der Waals surface area contributed by atoms with E-state index in [0.29, 0.717) is 12.1 Å². The highest BCUT2D eigenvalue weighted by Gasteiger charge is 2.14. The zero-order valence-electron chi connectivity index (χ0n) is 9.32. The van der Waals surface area contributed by atoms with Crippen LogP contribution in [0.5, 0.6) is 5.75 Å². The van der Waals surface area contributed by atoms with Crippen LogP contribution in [0, 0.1) is 0 Å². The molecule has 0 radical (unpaired) electrons. The van der Waals surface area contributed by atoms with E-state index in [1.165, 1.54) is 6.07 Å². The topological polar surface area (TPSA) is 40.5 Å². The predicted molar refractivity (Wildman–Crippen MR) is 68.1 cm³/mol. The predicted octanol–water partition coefficient (Wildman–Crippen LogP) is 2.64. The summed E-state index contributed by atoms with van der Waals surface area (Å²) < 4.78 is 0. The Morgan fingerprint density at radius 2 is 2.19 bits per heavy atom. The molecular formula is C12H16BrNO2. The second kappa shape index (κ2) is 6.53. The second-order valence-electron chi connectivity index (χ2n) is 3.53. The van der Waals surface area contributed by atoms with Crippen molar-refractivity contribution in [2.75, 3.05) is 18.4 Å². The number of hydrogen-bond acceptors (Lipinski definition) is 2. The van der Waals surface area contributed by atoms with Crippen molar-refractivity contribution in [2.45, 2.75) is 13.3 Å². The molecule has 0 unspecified atom stereocenters. The number of halogens is 1. The molecule has 1 N–H and O–H groups in total. The van der Waals surface area contributed by atoms with Crippen molar-refractivity contribution in [2.24, 2.45) is 0 Å². The summed E-state index contributed by atoms with van der Waals surface area (Å²) in [6.45, 7) is 3.46. The minimum atomic E-state index is -0.0304. The van der Waals surface area contributed by atoms with E-state index < -0.39 is 0 Å². The van der Waals surface area contributed by atoms with E-state index in [1.54, 1.807) is 23.1 Å². The molecule has 1 aromatic rings. The lowest BCUT2D eigenvalue weighted by Crippen LogP contribution is -2.33. The molecule has 16 heavy (non-hydrogen) atoms.